The monoisotopic (exact) mass is 401 g/mol. The van der Waals surface area contributed by atoms with Crippen molar-refractivity contribution in [1.29, 1.82) is 0 Å². The van der Waals surface area contributed by atoms with Crippen LogP contribution in [-0.2, 0) is 18.4 Å². The number of carbonyl (C=O) groups excluding carboxylic acids is 1. The van der Waals surface area contributed by atoms with Crippen LogP contribution in [0.25, 0.3) is 11.4 Å². The second-order valence-corrected chi connectivity index (χ2v) is 9.01. The molecule has 0 unspecified atom stereocenters. The summed E-state index contributed by atoms with van der Waals surface area (Å²) in [4.78, 5) is 35.1. The van der Waals surface area contributed by atoms with Crippen molar-refractivity contribution in [2.45, 2.75) is 46.1 Å². The van der Waals surface area contributed by atoms with E-state index in [1.54, 1.807) is 4.90 Å². The van der Waals surface area contributed by atoms with Crippen molar-refractivity contribution in [1.82, 2.24) is 14.9 Å². The average molecular weight is 402 g/mol. The second-order valence-electron chi connectivity index (χ2n) is 9.01. The molecule has 1 aliphatic rings. The van der Waals surface area contributed by atoms with Gasteiger partial charge in [0.1, 0.15) is 5.82 Å². The van der Waals surface area contributed by atoms with E-state index >= 15 is 0 Å². The maximum absolute atomic E-state index is 13.0. The largest absolute Gasteiger partial charge is 0.334 e. The molecule has 0 fully saturated rings. The van der Waals surface area contributed by atoms with Crippen LogP contribution in [0.5, 0.6) is 0 Å². The molecule has 0 bridgehead atoms. The number of fused-ring (bicyclic) bond motifs is 1. The molecule has 2 aromatic carbocycles. The summed E-state index contributed by atoms with van der Waals surface area (Å²) < 4.78 is 0. The van der Waals surface area contributed by atoms with Gasteiger partial charge in [-0.05, 0) is 36.1 Å². The van der Waals surface area contributed by atoms with Crippen LogP contribution in [-0.4, -0.2) is 27.3 Å². The van der Waals surface area contributed by atoms with E-state index in [1.807, 2.05) is 55.5 Å². The highest BCUT2D eigenvalue weighted by Crippen LogP contribution is 2.24. The van der Waals surface area contributed by atoms with Crippen molar-refractivity contribution in [2.75, 3.05) is 6.54 Å². The molecule has 30 heavy (non-hydrogen) atoms. The fraction of sp³-hybridized carbons (Fsp3) is 0.320. The third-order valence-corrected chi connectivity index (χ3v) is 5.65. The Morgan fingerprint density at radius 2 is 1.83 bits per heavy atom. The number of nitrogens with zero attached hydrogens (tertiary/aromatic N) is 2. The highest BCUT2D eigenvalue weighted by atomic mass is 16.2. The lowest BCUT2D eigenvalue weighted by Gasteiger charge is -2.28. The lowest BCUT2D eigenvalue weighted by Crippen LogP contribution is -2.39. The van der Waals surface area contributed by atoms with Crippen LogP contribution in [0.1, 0.15) is 53.5 Å². The first-order chi connectivity index (χ1) is 14.2. The summed E-state index contributed by atoms with van der Waals surface area (Å²) in [6.45, 7) is 9.29. The van der Waals surface area contributed by atoms with Gasteiger partial charge in [0, 0.05) is 24.1 Å². The normalized spacial score (nSPS) is 13.8. The van der Waals surface area contributed by atoms with Crippen LogP contribution in [0, 0.1) is 6.92 Å². The van der Waals surface area contributed by atoms with E-state index in [0.29, 0.717) is 29.9 Å². The zero-order chi connectivity index (χ0) is 21.5. The number of aromatic nitrogens is 2. The first kappa shape index (κ1) is 20.1. The standard InChI is InChI=1S/C25H27N3O2/c1-16-6-5-7-18(14-16)22-26-21-12-13-28(15-20(21)23(29)27-22)24(30)17-8-10-19(11-9-17)25(2,3)4/h5-11,14H,12-13,15H2,1-4H3,(H,26,27,29). The Labute approximate surface area is 176 Å². The Bertz CT molecular complexity index is 1150. The van der Waals surface area contributed by atoms with Crippen LogP contribution >= 0.6 is 0 Å². The number of benzene rings is 2. The van der Waals surface area contributed by atoms with Crippen molar-refractivity contribution >= 4 is 5.91 Å². The molecule has 1 amide bonds. The molecule has 5 heteroatoms. The Hall–Kier alpha value is -3.21. The molecular weight excluding hydrogens is 374 g/mol. The predicted octanol–water partition coefficient (Wildman–Crippen LogP) is 4.24. The van der Waals surface area contributed by atoms with Crippen molar-refractivity contribution in [2.24, 2.45) is 0 Å². The third-order valence-electron chi connectivity index (χ3n) is 5.65. The Morgan fingerprint density at radius 3 is 2.50 bits per heavy atom. The number of nitrogens with one attached hydrogen (secondary N) is 1. The first-order valence-corrected chi connectivity index (χ1v) is 10.3. The lowest BCUT2D eigenvalue weighted by molar-refractivity contribution is 0.0732. The van der Waals surface area contributed by atoms with Crippen LogP contribution in [0.4, 0.5) is 0 Å². The number of hydrogen-bond donors (Lipinski definition) is 1. The number of H-pyrrole nitrogens is 1. The zero-order valence-electron chi connectivity index (χ0n) is 18.0. The van der Waals surface area contributed by atoms with E-state index in [9.17, 15) is 9.59 Å². The number of aryl methyl sites for hydroxylation is 1. The molecule has 3 aromatic rings. The van der Waals surface area contributed by atoms with Crippen LogP contribution < -0.4 is 5.56 Å². The minimum absolute atomic E-state index is 0.0413. The SMILES string of the molecule is Cc1cccc(-c2nc3c(c(=O)[nH]2)CN(C(=O)c2ccc(C(C)(C)C)cc2)CC3)c1. The van der Waals surface area contributed by atoms with Gasteiger partial charge < -0.3 is 9.88 Å². The molecule has 5 nitrogen and oxygen atoms in total. The van der Waals surface area contributed by atoms with Gasteiger partial charge in [0.25, 0.3) is 11.5 Å². The number of carbonyl (C=O) groups is 1. The quantitative estimate of drug-likeness (QED) is 0.698. The predicted molar refractivity (Wildman–Crippen MR) is 119 cm³/mol. The maximum atomic E-state index is 13.0. The Kier molecular flexibility index (Phi) is 5.06. The van der Waals surface area contributed by atoms with Crippen molar-refractivity contribution in [3.63, 3.8) is 0 Å². The second kappa shape index (κ2) is 7.56. The minimum atomic E-state index is -0.169. The summed E-state index contributed by atoms with van der Waals surface area (Å²) in [5, 5.41) is 0. The summed E-state index contributed by atoms with van der Waals surface area (Å²) in [6, 6.07) is 15.7. The molecule has 0 saturated carbocycles. The van der Waals surface area contributed by atoms with Crippen LogP contribution in [0.15, 0.2) is 53.3 Å². The average Bonchev–Trinajstić information content (AvgIpc) is 2.72. The molecule has 0 saturated heterocycles. The molecule has 4 rings (SSSR count). The highest BCUT2D eigenvalue weighted by molar-refractivity contribution is 5.94. The smallest absolute Gasteiger partial charge is 0.256 e. The van der Waals surface area contributed by atoms with E-state index in [1.165, 1.54) is 5.56 Å². The number of rotatable bonds is 2. The molecular formula is C25H27N3O2. The van der Waals surface area contributed by atoms with Crippen LogP contribution in [0.2, 0.25) is 0 Å². The van der Waals surface area contributed by atoms with Gasteiger partial charge in [-0.2, -0.15) is 0 Å². The van der Waals surface area contributed by atoms with E-state index in [2.05, 4.69) is 25.8 Å². The summed E-state index contributed by atoms with van der Waals surface area (Å²) in [6.07, 6.45) is 0.573. The third kappa shape index (κ3) is 3.92. The number of hydrogen-bond acceptors (Lipinski definition) is 3. The van der Waals surface area contributed by atoms with E-state index in [0.717, 1.165) is 16.8 Å². The fourth-order valence-electron chi connectivity index (χ4n) is 3.82. The highest BCUT2D eigenvalue weighted by Gasteiger charge is 2.26. The van der Waals surface area contributed by atoms with Crippen molar-refractivity contribution in [3.05, 3.63) is 86.8 Å². The van der Waals surface area contributed by atoms with E-state index in [-0.39, 0.29) is 23.4 Å². The summed E-state index contributed by atoms with van der Waals surface area (Å²) in [5.74, 6) is 0.531. The zero-order valence-corrected chi connectivity index (χ0v) is 18.0. The van der Waals surface area contributed by atoms with Gasteiger partial charge in [0.2, 0.25) is 0 Å². The van der Waals surface area contributed by atoms with Gasteiger partial charge in [0.15, 0.2) is 0 Å². The Balaban J connectivity index is 1.58. The maximum Gasteiger partial charge on any atom is 0.256 e. The van der Waals surface area contributed by atoms with Crippen LogP contribution in [0.3, 0.4) is 0 Å². The molecule has 154 valence electrons. The van der Waals surface area contributed by atoms with Gasteiger partial charge in [-0.1, -0.05) is 56.7 Å². The van der Waals surface area contributed by atoms with Gasteiger partial charge >= 0.3 is 0 Å². The molecule has 1 aromatic heterocycles. The summed E-state index contributed by atoms with van der Waals surface area (Å²) >= 11 is 0. The molecule has 0 atom stereocenters. The van der Waals surface area contributed by atoms with Crippen molar-refractivity contribution < 1.29 is 4.79 Å². The molecule has 0 aliphatic carbocycles. The van der Waals surface area contributed by atoms with E-state index in [4.69, 9.17) is 4.98 Å². The lowest BCUT2D eigenvalue weighted by atomic mass is 9.86. The number of amides is 1. The minimum Gasteiger partial charge on any atom is -0.334 e. The summed E-state index contributed by atoms with van der Waals surface area (Å²) in [5.41, 5.74) is 5.07. The van der Waals surface area contributed by atoms with Gasteiger partial charge in [-0.25, -0.2) is 4.98 Å². The molecule has 0 spiro atoms. The fourth-order valence-corrected chi connectivity index (χ4v) is 3.82. The van der Waals surface area contributed by atoms with Crippen molar-refractivity contribution in [3.8, 4) is 11.4 Å². The molecule has 0 radical (unpaired) electrons. The molecule has 1 aliphatic heterocycles. The topological polar surface area (TPSA) is 66.1 Å². The first-order valence-electron chi connectivity index (χ1n) is 10.3. The molecule has 2 heterocycles. The van der Waals surface area contributed by atoms with Gasteiger partial charge in [-0.15, -0.1) is 0 Å². The van der Waals surface area contributed by atoms with Gasteiger partial charge in [-0.3, -0.25) is 9.59 Å². The van der Waals surface area contributed by atoms with E-state index < -0.39 is 0 Å². The van der Waals surface area contributed by atoms with Gasteiger partial charge in [0.05, 0.1) is 17.8 Å². The Morgan fingerprint density at radius 1 is 1.10 bits per heavy atom. The summed E-state index contributed by atoms with van der Waals surface area (Å²) in [7, 11) is 0. The molecule has 1 N–H and O–H groups in total. The number of aromatic amines is 1.